The molecule has 4 aromatic rings. The highest BCUT2D eigenvalue weighted by Gasteiger charge is 2.25. The first kappa shape index (κ1) is 20.3. The molecule has 0 aromatic heterocycles. The van der Waals surface area contributed by atoms with E-state index in [-0.39, 0.29) is 0 Å². The van der Waals surface area contributed by atoms with E-state index in [0.717, 1.165) is 35.5 Å². The Morgan fingerprint density at radius 3 is 2.09 bits per heavy atom. The monoisotopic (exact) mass is 416 g/mol. The zero-order valence-electron chi connectivity index (χ0n) is 18.9. The van der Waals surface area contributed by atoms with Crippen LogP contribution >= 0.6 is 0 Å². The molecular weight excluding hydrogens is 388 g/mol. The lowest BCUT2D eigenvalue weighted by Gasteiger charge is -2.33. The fourth-order valence-corrected chi connectivity index (χ4v) is 5.38. The van der Waals surface area contributed by atoms with Crippen LogP contribution in [0.1, 0.15) is 36.0 Å². The van der Waals surface area contributed by atoms with Gasteiger partial charge in [0.1, 0.15) is 6.07 Å². The zero-order chi connectivity index (χ0) is 22.1. The Balaban J connectivity index is 1.84. The lowest BCUT2D eigenvalue weighted by atomic mass is 9.83. The second-order valence-electron chi connectivity index (χ2n) is 8.81. The molecule has 0 radical (unpaired) electrons. The third-order valence-electron chi connectivity index (χ3n) is 6.85. The second-order valence-corrected chi connectivity index (χ2v) is 8.81. The summed E-state index contributed by atoms with van der Waals surface area (Å²) >= 11 is 0. The fourth-order valence-electron chi connectivity index (χ4n) is 5.38. The van der Waals surface area contributed by atoms with Crippen molar-refractivity contribution in [2.24, 2.45) is 0 Å². The van der Waals surface area contributed by atoms with Crippen LogP contribution in [0, 0.1) is 25.2 Å². The SMILES string of the molecule is Cc1c(-c2ccc3ccccc3c2)c(C)c(N2CCCCC2)c(C#N)c1-c1ccccc1. The number of benzene rings is 4. The molecular formula is C30H28N2. The van der Waals surface area contributed by atoms with Crippen molar-refractivity contribution < 1.29 is 0 Å². The highest BCUT2D eigenvalue weighted by molar-refractivity contribution is 5.94. The quantitative estimate of drug-likeness (QED) is 0.343. The van der Waals surface area contributed by atoms with Crippen LogP contribution in [-0.4, -0.2) is 13.1 Å². The molecule has 0 N–H and O–H groups in total. The standard InChI is InChI=1S/C30H28N2/c1-21-28(26-16-15-23-11-7-8-14-25(23)19-26)22(2)30(32-17-9-4-10-18-32)27(20-31)29(21)24-12-5-3-6-13-24/h3,5-8,11-16,19H,4,9-10,17-18H2,1-2H3. The fraction of sp³-hybridized carbons (Fsp3) is 0.233. The summed E-state index contributed by atoms with van der Waals surface area (Å²) in [5, 5.41) is 12.9. The summed E-state index contributed by atoms with van der Waals surface area (Å²) in [5.74, 6) is 0. The smallest absolute Gasteiger partial charge is 0.102 e. The summed E-state index contributed by atoms with van der Waals surface area (Å²) in [6.07, 6.45) is 3.64. The van der Waals surface area contributed by atoms with Gasteiger partial charge in [-0.15, -0.1) is 0 Å². The van der Waals surface area contributed by atoms with Gasteiger partial charge >= 0.3 is 0 Å². The summed E-state index contributed by atoms with van der Waals surface area (Å²) < 4.78 is 0. The van der Waals surface area contributed by atoms with Gasteiger partial charge in [0.25, 0.3) is 0 Å². The van der Waals surface area contributed by atoms with Crippen molar-refractivity contribution in [2.45, 2.75) is 33.1 Å². The number of nitriles is 1. The first-order chi connectivity index (χ1) is 15.7. The third kappa shape index (κ3) is 3.45. The van der Waals surface area contributed by atoms with E-state index >= 15 is 0 Å². The van der Waals surface area contributed by atoms with Gasteiger partial charge in [0.2, 0.25) is 0 Å². The van der Waals surface area contributed by atoms with Gasteiger partial charge in [0, 0.05) is 18.7 Å². The Labute approximate surface area is 190 Å². The molecule has 5 rings (SSSR count). The lowest BCUT2D eigenvalue weighted by Crippen LogP contribution is -2.31. The largest absolute Gasteiger partial charge is 0.370 e. The molecule has 0 amide bonds. The van der Waals surface area contributed by atoms with E-state index in [1.807, 2.05) is 6.07 Å². The van der Waals surface area contributed by atoms with Gasteiger partial charge in [-0.3, -0.25) is 0 Å². The predicted octanol–water partition coefficient (Wildman–Crippen LogP) is 7.65. The van der Waals surface area contributed by atoms with Crippen LogP contribution in [0.4, 0.5) is 5.69 Å². The molecule has 1 saturated heterocycles. The molecule has 0 atom stereocenters. The Morgan fingerprint density at radius 2 is 1.38 bits per heavy atom. The number of piperidine rings is 1. The van der Waals surface area contributed by atoms with Crippen LogP contribution in [0.5, 0.6) is 0 Å². The molecule has 0 aliphatic carbocycles. The average Bonchev–Trinajstić information content (AvgIpc) is 2.84. The number of hydrogen-bond acceptors (Lipinski definition) is 2. The molecule has 1 heterocycles. The molecule has 1 aliphatic rings. The number of anilines is 1. The minimum absolute atomic E-state index is 0.817. The summed E-state index contributed by atoms with van der Waals surface area (Å²) in [6.45, 7) is 6.42. The van der Waals surface area contributed by atoms with Crippen LogP contribution in [0.15, 0.2) is 72.8 Å². The lowest BCUT2D eigenvalue weighted by molar-refractivity contribution is 0.577. The van der Waals surface area contributed by atoms with E-state index in [9.17, 15) is 5.26 Å². The van der Waals surface area contributed by atoms with Crippen LogP contribution in [-0.2, 0) is 0 Å². The molecule has 4 aromatic carbocycles. The van der Waals surface area contributed by atoms with Crippen molar-refractivity contribution in [3.8, 4) is 28.3 Å². The zero-order valence-corrected chi connectivity index (χ0v) is 18.9. The number of nitrogens with zero attached hydrogens (tertiary/aromatic N) is 2. The van der Waals surface area contributed by atoms with Gasteiger partial charge in [-0.2, -0.15) is 5.26 Å². The minimum atomic E-state index is 0.817. The molecule has 0 saturated carbocycles. The molecule has 32 heavy (non-hydrogen) atoms. The Morgan fingerprint density at radius 1 is 0.688 bits per heavy atom. The van der Waals surface area contributed by atoms with E-state index in [1.165, 1.54) is 52.3 Å². The van der Waals surface area contributed by atoms with Crippen molar-refractivity contribution >= 4 is 16.5 Å². The summed E-state index contributed by atoms with van der Waals surface area (Å²) in [6, 6.07) is 28.3. The van der Waals surface area contributed by atoms with Crippen molar-refractivity contribution in [1.29, 1.82) is 5.26 Å². The molecule has 1 aliphatic heterocycles. The van der Waals surface area contributed by atoms with E-state index in [1.54, 1.807) is 0 Å². The highest BCUT2D eigenvalue weighted by atomic mass is 15.1. The van der Waals surface area contributed by atoms with E-state index in [4.69, 9.17) is 0 Å². The van der Waals surface area contributed by atoms with Gasteiger partial charge in [0.15, 0.2) is 0 Å². The Kier molecular flexibility index (Phi) is 5.41. The van der Waals surface area contributed by atoms with Gasteiger partial charge in [0.05, 0.1) is 11.3 Å². The maximum absolute atomic E-state index is 10.4. The van der Waals surface area contributed by atoms with E-state index in [0.29, 0.717) is 0 Å². The van der Waals surface area contributed by atoms with Crippen LogP contribution < -0.4 is 4.90 Å². The van der Waals surface area contributed by atoms with Crippen molar-refractivity contribution in [3.63, 3.8) is 0 Å². The number of hydrogen-bond donors (Lipinski definition) is 0. The number of fused-ring (bicyclic) bond motifs is 1. The average molecular weight is 417 g/mol. The topological polar surface area (TPSA) is 27.0 Å². The molecule has 2 heteroatoms. The number of rotatable bonds is 3. The van der Waals surface area contributed by atoms with Crippen LogP contribution in [0.25, 0.3) is 33.0 Å². The minimum Gasteiger partial charge on any atom is -0.370 e. The summed E-state index contributed by atoms with van der Waals surface area (Å²) in [4.78, 5) is 2.45. The maximum Gasteiger partial charge on any atom is 0.102 e. The Bertz CT molecular complexity index is 1320. The predicted molar refractivity (Wildman–Crippen MR) is 135 cm³/mol. The summed E-state index contributed by atoms with van der Waals surface area (Å²) in [5.41, 5.74) is 9.01. The molecule has 158 valence electrons. The van der Waals surface area contributed by atoms with E-state index < -0.39 is 0 Å². The molecule has 0 bridgehead atoms. The highest BCUT2D eigenvalue weighted by Crippen LogP contribution is 2.44. The second kappa shape index (κ2) is 8.52. The van der Waals surface area contributed by atoms with Gasteiger partial charge in [-0.25, -0.2) is 0 Å². The van der Waals surface area contributed by atoms with Crippen molar-refractivity contribution in [3.05, 3.63) is 89.5 Å². The van der Waals surface area contributed by atoms with Crippen LogP contribution in [0.2, 0.25) is 0 Å². The normalized spacial score (nSPS) is 13.8. The van der Waals surface area contributed by atoms with E-state index in [2.05, 4.69) is 91.5 Å². The molecule has 0 spiro atoms. The molecule has 0 unspecified atom stereocenters. The Hall–Kier alpha value is -3.57. The first-order valence-corrected chi connectivity index (χ1v) is 11.6. The molecule has 2 nitrogen and oxygen atoms in total. The van der Waals surface area contributed by atoms with Gasteiger partial charge in [-0.05, 0) is 77.8 Å². The van der Waals surface area contributed by atoms with Crippen molar-refractivity contribution in [1.82, 2.24) is 0 Å². The van der Waals surface area contributed by atoms with Gasteiger partial charge < -0.3 is 4.90 Å². The third-order valence-corrected chi connectivity index (χ3v) is 6.85. The maximum atomic E-state index is 10.4. The molecule has 1 fully saturated rings. The summed E-state index contributed by atoms with van der Waals surface area (Å²) in [7, 11) is 0. The van der Waals surface area contributed by atoms with Crippen molar-refractivity contribution in [2.75, 3.05) is 18.0 Å². The van der Waals surface area contributed by atoms with Gasteiger partial charge in [-0.1, -0.05) is 66.7 Å². The first-order valence-electron chi connectivity index (χ1n) is 11.6. The van der Waals surface area contributed by atoms with Crippen LogP contribution in [0.3, 0.4) is 0 Å².